The zero-order chi connectivity index (χ0) is 24.7. The number of nitrogens with zero attached hydrogens (tertiary/aromatic N) is 3. The van der Waals surface area contributed by atoms with E-state index in [1.165, 1.54) is 11.8 Å². The Morgan fingerprint density at radius 1 is 1.24 bits per heavy atom. The first-order valence-corrected chi connectivity index (χ1v) is 11.8. The van der Waals surface area contributed by atoms with Gasteiger partial charge in [0.05, 0.1) is 18.9 Å². The maximum Gasteiger partial charge on any atom is 0.251 e. The van der Waals surface area contributed by atoms with Gasteiger partial charge in [-0.2, -0.15) is 0 Å². The van der Waals surface area contributed by atoms with Crippen LogP contribution >= 0.6 is 23.4 Å². The molecule has 0 radical (unpaired) electrons. The van der Waals surface area contributed by atoms with Crippen molar-refractivity contribution in [1.29, 1.82) is 0 Å². The minimum Gasteiger partial charge on any atom is -0.497 e. The Balaban J connectivity index is 1.65. The summed E-state index contributed by atoms with van der Waals surface area (Å²) in [6.45, 7) is 8.08. The number of anilines is 1. The monoisotopic (exact) mass is 499 g/mol. The summed E-state index contributed by atoms with van der Waals surface area (Å²) in [4.78, 5) is 25.2. The summed E-state index contributed by atoms with van der Waals surface area (Å²) >= 11 is 7.42. The number of hydrogen-bond acceptors (Lipinski definition) is 6. The number of halogens is 1. The van der Waals surface area contributed by atoms with E-state index in [-0.39, 0.29) is 18.4 Å². The van der Waals surface area contributed by atoms with Gasteiger partial charge >= 0.3 is 0 Å². The van der Waals surface area contributed by atoms with Gasteiger partial charge < -0.3 is 19.9 Å². The molecule has 10 heteroatoms. The van der Waals surface area contributed by atoms with Crippen molar-refractivity contribution in [2.24, 2.45) is 0 Å². The van der Waals surface area contributed by atoms with Crippen LogP contribution in [0.2, 0.25) is 5.02 Å². The molecule has 3 rings (SSSR count). The van der Waals surface area contributed by atoms with Crippen LogP contribution in [0.4, 0.5) is 5.69 Å². The predicted octanol–water partition coefficient (Wildman–Crippen LogP) is 4.48. The maximum absolute atomic E-state index is 12.7. The molecule has 0 fully saturated rings. The topological polar surface area (TPSA) is 98.1 Å². The standard InChI is InChI=1S/C24H26ClN5O3S/c1-5-12-30-21(14-26-23(32)17-7-10-19(33-4)11-8-17)28-29-24(30)34-16(3)22(31)27-18-9-6-15(2)20(25)13-18/h5-11,13,16H,1,12,14H2,2-4H3,(H,26,32)(H,27,31). The van der Waals surface area contributed by atoms with Gasteiger partial charge in [0, 0.05) is 22.8 Å². The van der Waals surface area contributed by atoms with Crippen molar-refractivity contribution in [1.82, 2.24) is 20.1 Å². The lowest BCUT2D eigenvalue weighted by Crippen LogP contribution is -2.25. The first-order chi connectivity index (χ1) is 16.3. The number of aromatic nitrogens is 3. The zero-order valence-corrected chi connectivity index (χ0v) is 20.7. The average molecular weight is 500 g/mol. The molecule has 2 N–H and O–H groups in total. The number of aryl methyl sites for hydroxylation is 1. The Morgan fingerprint density at radius 2 is 1.97 bits per heavy atom. The van der Waals surface area contributed by atoms with E-state index in [4.69, 9.17) is 16.3 Å². The molecule has 34 heavy (non-hydrogen) atoms. The van der Waals surface area contributed by atoms with Gasteiger partial charge in [0.2, 0.25) is 5.91 Å². The van der Waals surface area contributed by atoms with E-state index in [0.29, 0.717) is 39.5 Å². The van der Waals surface area contributed by atoms with Crippen LogP contribution < -0.4 is 15.4 Å². The van der Waals surface area contributed by atoms with Crippen LogP contribution in [0.25, 0.3) is 0 Å². The predicted molar refractivity (Wildman–Crippen MR) is 135 cm³/mol. The average Bonchev–Trinajstić information content (AvgIpc) is 3.21. The fraction of sp³-hybridized carbons (Fsp3) is 0.250. The zero-order valence-electron chi connectivity index (χ0n) is 19.2. The number of benzene rings is 2. The molecule has 1 aromatic heterocycles. The third-order valence-electron chi connectivity index (χ3n) is 4.96. The Labute approximate surface area is 207 Å². The SMILES string of the molecule is C=CCn1c(CNC(=O)c2ccc(OC)cc2)nnc1SC(C)C(=O)Nc1ccc(C)c(Cl)c1. The van der Waals surface area contributed by atoms with Crippen LogP contribution in [-0.4, -0.2) is 38.9 Å². The summed E-state index contributed by atoms with van der Waals surface area (Å²) < 4.78 is 6.93. The van der Waals surface area contributed by atoms with E-state index in [9.17, 15) is 9.59 Å². The molecule has 178 valence electrons. The highest BCUT2D eigenvalue weighted by Gasteiger charge is 2.20. The molecular formula is C24H26ClN5O3S. The van der Waals surface area contributed by atoms with Crippen molar-refractivity contribution in [3.63, 3.8) is 0 Å². The van der Waals surface area contributed by atoms with E-state index >= 15 is 0 Å². The summed E-state index contributed by atoms with van der Waals surface area (Å²) in [7, 11) is 1.57. The van der Waals surface area contributed by atoms with Crippen molar-refractivity contribution in [3.8, 4) is 5.75 Å². The van der Waals surface area contributed by atoms with Crippen molar-refractivity contribution in [3.05, 3.63) is 77.1 Å². The summed E-state index contributed by atoms with van der Waals surface area (Å²) in [5, 5.41) is 14.8. The number of carbonyl (C=O) groups is 2. The fourth-order valence-electron chi connectivity index (χ4n) is 2.98. The van der Waals surface area contributed by atoms with Crippen molar-refractivity contribution in [2.45, 2.75) is 37.3 Å². The molecule has 0 aliphatic heterocycles. The van der Waals surface area contributed by atoms with Gasteiger partial charge in [0.15, 0.2) is 11.0 Å². The molecule has 1 unspecified atom stereocenters. The Kier molecular flexibility index (Phi) is 8.72. The minimum atomic E-state index is -0.449. The molecule has 1 atom stereocenters. The molecule has 8 nitrogen and oxygen atoms in total. The number of carbonyl (C=O) groups excluding carboxylic acids is 2. The third-order valence-corrected chi connectivity index (χ3v) is 6.44. The van der Waals surface area contributed by atoms with Crippen molar-refractivity contribution in [2.75, 3.05) is 12.4 Å². The molecule has 0 aliphatic rings. The molecule has 3 aromatic rings. The lowest BCUT2D eigenvalue weighted by Gasteiger charge is -2.13. The first kappa shape index (κ1) is 25.3. The lowest BCUT2D eigenvalue weighted by molar-refractivity contribution is -0.115. The largest absolute Gasteiger partial charge is 0.497 e. The number of thioether (sulfide) groups is 1. The maximum atomic E-state index is 12.7. The third kappa shape index (κ3) is 6.39. The van der Waals surface area contributed by atoms with Crippen LogP contribution in [0.5, 0.6) is 5.75 Å². The number of methoxy groups -OCH3 is 1. The Morgan fingerprint density at radius 3 is 2.62 bits per heavy atom. The van der Waals surface area contributed by atoms with Crippen LogP contribution in [0.15, 0.2) is 60.3 Å². The van der Waals surface area contributed by atoms with E-state index in [2.05, 4.69) is 27.4 Å². The highest BCUT2D eigenvalue weighted by atomic mass is 35.5. The normalized spacial score (nSPS) is 11.5. The molecule has 0 bridgehead atoms. The Hall–Kier alpha value is -3.30. The summed E-state index contributed by atoms with van der Waals surface area (Å²) in [5.74, 6) is 0.803. The smallest absolute Gasteiger partial charge is 0.251 e. The van der Waals surface area contributed by atoms with Crippen molar-refractivity contribution >= 4 is 40.9 Å². The van der Waals surface area contributed by atoms with Gasteiger partial charge in [0.25, 0.3) is 5.91 Å². The highest BCUT2D eigenvalue weighted by molar-refractivity contribution is 8.00. The molecular weight excluding hydrogens is 474 g/mol. The van der Waals surface area contributed by atoms with E-state index in [1.807, 2.05) is 17.6 Å². The van der Waals surface area contributed by atoms with E-state index in [0.717, 1.165) is 5.56 Å². The van der Waals surface area contributed by atoms with Crippen LogP contribution in [0.3, 0.4) is 0 Å². The molecule has 0 saturated carbocycles. The van der Waals surface area contributed by atoms with Gasteiger partial charge in [-0.25, -0.2) is 0 Å². The Bertz CT molecular complexity index is 1180. The van der Waals surface area contributed by atoms with Crippen LogP contribution in [0, 0.1) is 6.92 Å². The molecule has 0 aliphatic carbocycles. The van der Waals surface area contributed by atoms with Gasteiger partial charge in [-0.05, 0) is 55.8 Å². The van der Waals surface area contributed by atoms with Crippen molar-refractivity contribution < 1.29 is 14.3 Å². The molecule has 2 aromatic carbocycles. The number of amides is 2. The van der Waals surface area contributed by atoms with E-state index in [1.54, 1.807) is 56.5 Å². The fourth-order valence-corrected chi connectivity index (χ4v) is 4.04. The molecule has 0 spiro atoms. The number of nitrogens with one attached hydrogen (secondary N) is 2. The number of ether oxygens (including phenoxy) is 1. The molecule has 1 heterocycles. The number of rotatable bonds is 10. The lowest BCUT2D eigenvalue weighted by atomic mass is 10.2. The summed E-state index contributed by atoms with van der Waals surface area (Å²) in [6, 6.07) is 12.2. The highest BCUT2D eigenvalue weighted by Crippen LogP contribution is 2.25. The summed E-state index contributed by atoms with van der Waals surface area (Å²) in [5.41, 5.74) is 2.07. The number of hydrogen-bond donors (Lipinski definition) is 2. The van der Waals surface area contributed by atoms with E-state index < -0.39 is 5.25 Å². The van der Waals surface area contributed by atoms with Crippen LogP contribution in [0.1, 0.15) is 28.7 Å². The van der Waals surface area contributed by atoms with Gasteiger partial charge in [-0.3, -0.25) is 9.59 Å². The quantitative estimate of drug-likeness (QED) is 0.315. The molecule has 0 saturated heterocycles. The minimum absolute atomic E-state index is 0.175. The second-order valence-electron chi connectivity index (χ2n) is 7.42. The van der Waals surface area contributed by atoms with Crippen LogP contribution in [-0.2, 0) is 17.9 Å². The van der Waals surface area contributed by atoms with Gasteiger partial charge in [-0.15, -0.1) is 16.8 Å². The van der Waals surface area contributed by atoms with Gasteiger partial charge in [0.1, 0.15) is 5.75 Å². The molecule has 2 amide bonds. The van der Waals surface area contributed by atoms with Gasteiger partial charge in [-0.1, -0.05) is 35.5 Å². The second kappa shape index (κ2) is 11.7. The first-order valence-electron chi connectivity index (χ1n) is 10.5. The summed E-state index contributed by atoms with van der Waals surface area (Å²) in [6.07, 6.45) is 1.71. The number of allylic oxidation sites excluding steroid dienone is 1. The second-order valence-corrected chi connectivity index (χ2v) is 9.14.